The van der Waals surface area contributed by atoms with Crippen LogP contribution in [0.15, 0.2) is 23.4 Å². The van der Waals surface area contributed by atoms with Crippen LogP contribution in [0.1, 0.15) is 19.4 Å². The fourth-order valence-electron chi connectivity index (χ4n) is 1.18. The van der Waals surface area contributed by atoms with E-state index in [1.54, 1.807) is 13.0 Å². The Morgan fingerprint density at radius 1 is 1.33 bits per heavy atom. The summed E-state index contributed by atoms with van der Waals surface area (Å²) in [7, 11) is 0. The highest BCUT2D eigenvalue weighted by Gasteiger charge is 2.13. The van der Waals surface area contributed by atoms with Gasteiger partial charge in [-0.3, -0.25) is 4.79 Å². The van der Waals surface area contributed by atoms with Crippen molar-refractivity contribution in [3.63, 3.8) is 0 Å². The summed E-state index contributed by atoms with van der Waals surface area (Å²) >= 11 is 5.76. The van der Waals surface area contributed by atoms with Crippen molar-refractivity contribution in [1.29, 1.82) is 0 Å². The lowest BCUT2D eigenvalue weighted by atomic mass is 10.1. The van der Waals surface area contributed by atoms with E-state index in [1.165, 1.54) is 20.0 Å². The fourth-order valence-corrected chi connectivity index (χ4v) is 1.29. The Morgan fingerprint density at radius 2 is 1.94 bits per heavy atom. The molecule has 6 heteroatoms. The minimum atomic E-state index is -1.12. The average molecular weight is 269 g/mol. The first-order chi connectivity index (χ1) is 8.32. The van der Waals surface area contributed by atoms with E-state index in [0.717, 1.165) is 5.56 Å². The molecule has 96 valence electrons. The van der Waals surface area contributed by atoms with Gasteiger partial charge in [0.15, 0.2) is 0 Å². The Hall–Kier alpha value is -1.88. The number of rotatable bonds is 3. The van der Waals surface area contributed by atoms with E-state index in [4.69, 9.17) is 16.7 Å². The first kappa shape index (κ1) is 14.2. The largest absolute Gasteiger partial charge is 0.478 e. The Balaban J connectivity index is 2.92. The lowest BCUT2D eigenvalue weighted by Crippen LogP contribution is -2.16. The normalized spacial score (nSPS) is 11.8. The lowest BCUT2D eigenvalue weighted by Gasteiger charge is -2.07. The van der Waals surface area contributed by atoms with Crippen molar-refractivity contribution >= 4 is 29.2 Å². The number of carbonyl (C=O) groups excluding carboxylic acids is 1. The molecule has 0 bridgehead atoms. The molecule has 0 aliphatic heterocycles. The van der Waals surface area contributed by atoms with Gasteiger partial charge in [0.2, 0.25) is 0 Å². The van der Waals surface area contributed by atoms with Crippen LogP contribution in [0.25, 0.3) is 0 Å². The maximum Gasteiger partial charge on any atom is 0.331 e. The van der Waals surface area contributed by atoms with E-state index >= 15 is 0 Å². The summed E-state index contributed by atoms with van der Waals surface area (Å²) in [5.41, 5.74) is 1.35. The predicted octanol–water partition coefficient (Wildman–Crippen LogP) is 2.40. The van der Waals surface area contributed by atoms with Crippen molar-refractivity contribution in [2.75, 3.05) is 5.32 Å². The molecule has 18 heavy (non-hydrogen) atoms. The number of pyridine rings is 1. The van der Waals surface area contributed by atoms with E-state index in [1.807, 2.05) is 0 Å². The van der Waals surface area contributed by atoms with Gasteiger partial charge < -0.3 is 10.4 Å². The lowest BCUT2D eigenvalue weighted by molar-refractivity contribution is -0.133. The molecule has 1 aromatic rings. The second-order valence-electron chi connectivity index (χ2n) is 3.84. The number of nitrogens with one attached hydrogen (secondary N) is 1. The highest BCUT2D eigenvalue weighted by atomic mass is 35.5. The van der Waals surface area contributed by atoms with Crippen LogP contribution in [0, 0.1) is 6.92 Å². The molecule has 0 atom stereocenters. The quantitative estimate of drug-likeness (QED) is 0.652. The zero-order valence-corrected chi connectivity index (χ0v) is 11.0. The number of hydrogen-bond donors (Lipinski definition) is 2. The Morgan fingerprint density at radius 3 is 2.44 bits per heavy atom. The van der Waals surface area contributed by atoms with Crippen LogP contribution in [0.4, 0.5) is 5.69 Å². The third-order valence-electron chi connectivity index (χ3n) is 2.50. The van der Waals surface area contributed by atoms with Gasteiger partial charge in [-0.25, -0.2) is 9.78 Å². The van der Waals surface area contributed by atoms with Crippen molar-refractivity contribution in [3.05, 3.63) is 34.1 Å². The number of carbonyl (C=O) groups is 2. The van der Waals surface area contributed by atoms with E-state index in [-0.39, 0.29) is 11.1 Å². The van der Waals surface area contributed by atoms with Crippen molar-refractivity contribution in [3.8, 4) is 0 Å². The zero-order valence-electron chi connectivity index (χ0n) is 10.2. The Labute approximate surface area is 109 Å². The summed E-state index contributed by atoms with van der Waals surface area (Å²) < 4.78 is 0. The summed E-state index contributed by atoms with van der Waals surface area (Å²) in [5.74, 6) is -1.59. The number of aryl methyl sites for hydroxylation is 1. The van der Waals surface area contributed by atoms with E-state index in [0.29, 0.717) is 10.8 Å². The SMILES string of the molecule is CC(C(=O)O)=C(C)C(=O)Nc1cnc(Cl)c(C)c1. The molecule has 5 nitrogen and oxygen atoms in total. The second-order valence-corrected chi connectivity index (χ2v) is 4.20. The standard InChI is InChI=1S/C12H13ClN2O3/c1-6-4-9(5-14-10(6)13)15-11(16)7(2)8(3)12(17)18/h4-5H,1-3H3,(H,15,16)(H,17,18). The molecule has 0 saturated heterocycles. The van der Waals surface area contributed by atoms with Gasteiger partial charge in [-0.15, -0.1) is 0 Å². The average Bonchev–Trinajstić information content (AvgIpc) is 2.31. The number of aromatic nitrogens is 1. The summed E-state index contributed by atoms with van der Waals surface area (Å²) in [6.45, 7) is 4.59. The molecule has 0 saturated carbocycles. The first-order valence-electron chi connectivity index (χ1n) is 5.17. The molecule has 0 radical (unpaired) electrons. The van der Waals surface area contributed by atoms with Gasteiger partial charge in [-0.05, 0) is 32.4 Å². The third kappa shape index (κ3) is 3.30. The second kappa shape index (κ2) is 5.64. The number of carboxylic acids is 1. The van der Waals surface area contributed by atoms with Crippen LogP contribution in [0.2, 0.25) is 5.15 Å². The fraction of sp³-hybridized carbons (Fsp3) is 0.250. The Kier molecular flexibility index (Phi) is 4.44. The Bertz CT molecular complexity index is 538. The minimum Gasteiger partial charge on any atom is -0.478 e. The molecule has 0 aliphatic rings. The van der Waals surface area contributed by atoms with E-state index < -0.39 is 11.9 Å². The van der Waals surface area contributed by atoms with E-state index in [2.05, 4.69) is 10.3 Å². The van der Waals surface area contributed by atoms with Gasteiger partial charge >= 0.3 is 5.97 Å². The number of amides is 1. The summed E-state index contributed by atoms with van der Waals surface area (Å²) in [6, 6.07) is 1.66. The maximum atomic E-state index is 11.8. The van der Waals surface area contributed by atoms with Crippen LogP contribution in [0.5, 0.6) is 0 Å². The van der Waals surface area contributed by atoms with Crippen molar-refractivity contribution < 1.29 is 14.7 Å². The monoisotopic (exact) mass is 268 g/mol. The smallest absolute Gasteiger partial charge is 0.331 e. The molecule has 1 heterocycles. The van der Waals surface area contributed by atoms with Crippen molar-refractivity contribution in [2.45, 2.75) is 20.8 Å². The number of anilines is 1. The van der Waals surface area contributed by atoms with Gasteiger partial charge in [0, 0.05) is 11.1 Å². The predicted molar refractivity (Wildman–Crippen MR) is 68.6 cm³/mol. The molecule has 0 aromatic carbocycles. The topological polar surface area (TPSA) is 79.3 Å². The van der Waals surface area contributed by atoms with E-state index in [9.17, 15) is 9.59 Å². The summed E-state index contributed by atoms with van der Waals surface area (Å²) in [4.78, 5) is 26.4. The highest BCUT2D eigenvalue weighted by molar-refractivity contribution is 6.30. The molecular formula is C12H13ClN2O3. The van der Waals surface area contributed by atoms with Crippen LogP contribution < -0.4 is 5.32 Å². The van der Waals surface area contributed by atoms with Gasteiger partial charge in [0.25, 0.3) is 5.91 Å². The summed E-state index contributed by atoms with van der Waals surface area (Å²) in [5, 5.41) is 11.7. The van der Waals surface area contributed by atoms with Crippen molar-refractivity contribution in [1.82, 2.24) is 4.98 Å². The van der Waals surface area contributed by atoms with Crippen LogP contribution in [0.3, 0.4) is 0 Å². The molecule has 2 N–H and O–H groups in total. The molecule has 1 aromatic heterocycles. The van der Waals surface area contributed by atoms with Crippen LogP contribution in [-0.4, -0.2) is 22.0 Å². The number of carboxylic acid groups (broad SMARTS) is 1. The van der Waals surface area contributed by atoms with Gasteiger partial charge in [0.1, 0.15) is 5.15 Å². The van der Waals surface area contributed by atoms with Crippen LogP contribution in [-0.2, 0) is 9.59 Å². The van der Waals surface area contributed by atoms with Crippen LogP contribution >= 0.6 is 11.6 Å². The van der Waals surface area contributed by atoms with Gasteiger partial charge in [-0.1, -0.05) is 11.6 Å². The molecular weight excluding hydrogens is 256 g/mol. The number of aliphatic carboxylic acids is 1. The van der Waals surface area contributed by atoms with Gasteiger partial charge in [-0.2, -0.15) is 0 Å². The number of nitrogens with zero attached hydrogens (tertiary/aromatic N) is 1. The third-order valence-corrected chi connectivity index (χ3v) is 2.89. The zero-order chi connectivity index (χ0) is 13.9. The van der Waals surface area contributed by atoms with Gasteiger partial charge in [0.05, 0.1) is 11.9 Å². The highest BCUT2D eigenvalue weighted by Crippen LogP contribution is 2.17. The molecule has 0 fully saturated rings. The molecule has 0 spiro atoms. The molecule has 1 rings (SSSR count). The molecule has 0 unspecified atom stereocenters. The number of halogens is 1. The molecule has 0 aliphatic carbocycles. The maximum absolute atomic E-state index is 11.8. The molecule has 1 amide bonds. The van der Waals surface area contributed by atoms with Crippen molar-refractivity contribution in [2.24, 2.45) is 0 Å². The minimum absolute atomic E-state index is 0.00569. The first-order valence-corrected chi connectivity index (χ1v) is 5.55. The number of hydrogen-bond acceptors (Lipinski definition) is 3. The summed E-state index contributed by atoms with van der Waals surface area (Å²) in [6.07, 6.45) is 1.41.